The molecule has 0 aromatic carbocycles. The van der Waals surface area contributed by atoms with Crippen LogP contribution in [0.4, 0.5) is 0 Å². The van der Waals surface area contributed by atoms with Crippen molar-refractivity contribution in [1.29, 1.82) is 0 Å². The SMILES string of the molecule is O=C1CCC[C@]23C(=O)OCC[C@H]4C[C@@H]5C(=O)CCC[C@]45C(=O)OCC[C@@H]2C[C@H]13. The Morgan fingerprint density at radius 1 is 0.679 bits per heavy atom. The molecule has 0 aromatic heterocycles. The first-order valence-corrected chi connectivity index (χ1v) is 10.9. The highest BCUT2D eigenvalue weighted by molar-refractivity contribution is 5.93. The third-order valence-electron chi connectivity index (χ3n) is 8.70. The molecular formula is C22H28O6. The predicted molar refractivity (Wildman–Crippen MR) is 96.9 cm³/mol. The lowest BCUT2D eigenvalue weighted by molar-refractivity contribution is -0.200. The van der Waals surface area contributed by atoms with E-state index in [-0.39, 0.29) is 60.4 Å². The maximum absolute atomic E-state index is 13.1. The molecule has 28 heavy (non-hydrogen) atoms. The largest absolute Gasteiger partial charge is 0.465 e. The molecule has 4 aliphatic carbocycles. The molecule has 0 bridgehead atoms. The number of esters is 2. The molecule has 6 atom stereocenters. The van der Waals surface area contributed by atoms with Crippen LogP contribution in [0.1, 0.15) is 64.2 Å². The molecule has 6 nitrogen and oxygen atoms in total. The minimum Gasteiger partial charge on any atom is -0.465 e. The van der Waals surface area contributed by atoms with Gasteiger partial charge in [0.1, 0.15) is 11.6 Å². The van der Waals surface area contributed by atoms with E-state index in [1.807, 2.05) is 0 Å². The topological polar surface area (TPSA) is 86.7 Å². The Morgan fingerprint density at radius 2 is 1.11 bits per heavy atom. The molecule has 0 N–H and O–H groups in total. The quantitative estimate of drug-likeness (QED) is 0.593. The molecule has 0 amide bonds. The number of cyclic esters (lactones) is 2. The molecule has 0 unspecified atom stereocenters. The van der Waals surface area contributed by atoms with Crippen LogP contribution in [0.15, 0.2) is 0 Å². The number of carbonyl (C=O) groups excluding carboxylic acids is 4. The van der Waals surface area contributed by atoms with Crippen LogP contribution in [0, 0.1) is 34.5 Å². The van der Waals surface area contributed by atoms with Crippen molar-refractivity contribution < 1.29 is 28.7 Å². The van der Waals surface area contributed by atoms with Crippen molar-refractivity contribution in [3.63, 3.8) is 0 Å². The van der Waals surface area contributed by atoms with E-state index in [2.05, 4.69) is 0 Å². The fourth-order valence-corrected chi connectivity index (χ4v) is 7.14. The van der Waals surface area contributed by atoms with Gasteiger partial charge in [0.25, 0.3) is 0 Å². The van der Waals surface area contributed by atoms with Crippen LogP contribution in [-0.4, -0.2) is 36.7 Å². The van der Waals surface area contributed by atoms with Crippen LogP contribution in [0.2, 0.25) is 0 Å². The Hall–Kier alpha value is -1.72. The predicted octanol–water partition coefficient (Wildman–Crippen LogP) is 2.62. The van der Waals surface area contributed by atoms with E-state index in [0.717, 1.165) is 12.8 Å². The summed E-state index contributed by atoms with van der Waals surface area (Å²) in [6, 6.07) is 0. The number of hydrogen-bond acceptors (Lipinski definition) is 6. The minimum absolute atomic E-state index is 0.0416. The van der Waals surface area contributed by atoms with Gasteiger partial charge in [0.05, 0.1) is 24.0 Å². The fourth-order valence-electron chi connectivity index (χ4n) is 7.14. The fraction of sp³-hybridized carbons (Fsp3) is 0.818. The summed E-state index contributed by atoms with van der Waals surface area (Å²) in [5.41, 5.74) is -1.39. The van der Waals surface area contributed by atoms with Crippen molar-refractivity contribution >= 4 is 23.5 Å². The second-order valence-corrected chi connectivity index (χ2v) is 9.54. The zero-order valence-corrected chi connectivity index (χ0v) is 16.2. The van der Waals surface area contributed by atoms with Crippen LogP contribution in [0.3, 0.4) is 0 Å². The van der Waals surface area contributed by atoms with Gasteiger partial charge >= 0.3 is 11.9 Å². The minimum atomic E-state index is -0.693. The van der Waals surface area contributed by atoms with E-state index < -0.39 is 10.8 Å². The van der Waals surface area contributed by atoms with Crippen molar-refractivity contribution in [2.75, 3.05) is 13.2 Å². The molecule has 5 aliphatic rings. The zero-order valence-electron chi connectivity index (χ0n) is 16.2. The summed E-state index contributed by atoms with van der Waals surface area (Å²) < 4.78 is 11.4. The molecule has 1 saturated heterocycles. The van der Waals surface area contributed by atoms with Crippen molar-refractivity contribution in [2.45, 2.75) is 64.2 Å². The third kappa shape index (κ3) is 2.26. The summed E-state index contributed by atoms with van der Waals surface area (Å²) in [5, 5.41) is 0. The number of ether oxygens (including phenoxy) is 2. The second-order valence-electron chi connectivity index (χ2n) is 9.54. The van der Waals surface area contributed by atoms with Gasteiger partial charge in [-0.05, 0) is 63.2 Å². The van der Waals surface area contributed by atoms with Gasteiger partial charge in [0.15, 0.2) is 0 Å². The van der Waals surface area contributed by atoms with E-state index in [9.17, 15) is 19.2 Å². The van der Waals surface area contributed by atoms with E-state index >= 15 is 0 Å². The lowest BCUT2D eigenvalue weighted by Gasteiger charge is -2.57. The summed E-state index contributed by atoms with van der Waals surface area (Å²) in [4.78, 5) is 50.8. The van der Waals surface area contributed by atoms with Crippen LogP contribution < -0.4 is 0 Å². The number of carbonyl (C=O) groups is 4. The van der Waals surface area contributed by atoms with Gasteiger partial charge in [-0.3, -0.25) is 19.2 Å². The summed E-state index contributed by atoms with van der Waals surface area (Å²) in [7, 11) is 0. The average Bonchev–Trinajstić information content (AvgIpc) is 2.64. The Morgan fingerprint density at radius 3 is 1.54 bits per heavy atom. The van der Waals surface area contributed by atoms with E-state index in [1.165, 1.54) is 0 Å². The molecule has 5 rings (SSSR count). The molecule has 6 heteroatoms. The Bertz CT molecular complexity index is 681. The molecule has 1 heterocycles. The van der Waals surface area contributed by atoms with Crippen molar-refractivity contribution in [3.05, 3.63) is 0 Å². The van der Waals surface area contributed by atoms with Crippen molar-refractivity contribution in [2.24, 2.45) is 34.5 Å². The van der Waals surface area contributed by atoms with Crippen LogP contribution in [0.5, 0.6) is 0 Å². The normalized spacial score (nSPS) is 46.0. The lowest BCUT2D eigenvalue weighted by atomic mass is 9.46. The van der Waals surface area contributed by atoms with E-state index in [4.69, 9.17) is 9.47 Å². The van der Waals surface area contributed by atoms with E-state index in [0.29, 0.717) is 51.4 Å². The highest BCUT2D eigenvalue weighted by Gasteiger charge is 2.66. The molecule has 0 aromatic rings. The number of hydrogen-bond donors (Lipinski definition) is 0. The first kappa shape index (κ1) is 18.3. The summed E-state index contributed by atoms with van der Waals surface area (Å²) in [6.45, 7) is 0.518. The molecular weight excluding hydrogens is 360 g/mol. The third-order valence-corrected chi connectivity index (χ3v) is 8.70. The second kappa shape index (κ2) is 6.39. The first-order valence-electron chi connectivity index (χ1n) is 10.9. The Labute approximate surface area is 164 Å². The van der Waals surface area contributed by atoms with Gasteiger partial charge in [-0.25, -0.2) is 0 Å². The van der Waals surface area contributed by atoms with Crippen LogP contribution in [-0.2, 0) is 28.7 Å². The van der Waals surface area contributed by atoms with Crippen LogP contribution in [0.25, 0.3) is 0 Å². The van der Waals surface area contributed by atoms with Gasteiger partial charge in [-0.1, -0.05) is 0 Å². The van der Waals surface area contributed by atoms with Gasteiger partial charge in [0.2, 0.25) is 0 Å². The maximum Gasteiger partial charge on any atom is 0.313 e. The molecule has 5 fully saturated rings. The van der Waals surface area contributed by atoms with Gasteiger partial charge in [-0.15, -0.1) is 0 Å². The maximum atomic E-state index is 13.1. The standard InChI is InChI=1S/C22H28O6/c23-17-3-1-7-21-13(11-15(17)21)5-9-28-20(26)22-8-2-4-18(24)16(22)12-14(22)6-10-27-19(21)25/h13-16H,1-12H2/t13-,14+,15-,16-,21+,22+/m1/s1. The summed E-state index contributed by atoms with van der Waals surface area (Å²) in [6.07, 6.45) is 6.54. The number of rotatable bonds is 0. The van der Waals surface area contributed by atoms with Gasteiger partial charge in [0, 0.05) is 24.7 Å². The lowest BCUT2D eigenvalue weighted by Crippen LogP contribution is -2.62. The van der Waals surface area contributed by atoms with Gasteiger partial charge < -0.3 is 9.47 Å². The van der Waals surface area contributed by atoms with E-state index in [1.54, 1.807) is 0 Å². The molecule has 0 radical (unpaired) electrons. The van der Waals surface area contributed by atoms with Crippen molar-refractivity contribution in [1.82, 2.24) is 0 Å². The first-order chi connectivity index (χ1) is 13.5. The van der Waals surface area contributed by atoms with Crippen molar-refractivity contribution in [3.8, 4) is 0 Å². The van der Waals surface area contributed by atoms with Gasteiger partial charge in [-0.2, -0.15) is 0 Å². The summed E-state index contributed by atoms with van der Waals surface area (Å²) >= 11 is 0. The number of Topliss-reactive ketones (excluding diaryl/α,β-unsaturated/α-hetero) is 2. The summed E-state index contributed by atoms with van der Waals surface area (Å²) in [5.74, 6) is -0.424. The van der Waals surface area contributed by atoms with Crippen LogP contribution >= 0.6 is 0 Å². The number of ketones is 2. The molecule has 2 spiro atoms. The molecule has 4 saturated carbocycles. The Balaban J connectivity index is 1.38. The molecule has 1 aliphatic heterocycles. The Kier molecular flexibility index (Phi) is 4.18. The monoisotopic (exact) mass is 388 g/mol. The smallest absolute Gasteiger partial charge is 0.313 e. The average molecular weight is 388 g/mol. The zero-order chi connectivity index (χ0) is 19.5. The highest BCUT2D eigenvalue weighted by atomic mass is 16.5. The molecule has 152 valence electrons. The highest BCUT2D eigenvalue weighted by Crippen LogP contribution is 2.62.